The molecule has 0 saturated carbocycles. The summed E-state index contributed by atoms with van der Waals surface area (Å²) in [6.07, 6.45) is 0.441. The molecule has 0 fully saturated rings. The van der Waals surface area contributed by atoms with Crippen molar-refractivity contribution >= 4 is 39.3 Å². The minimum Gasteiger partial charge on any atom is -0.356 e. The van der Waals surface area contributed by atoms with Gasteiger partial charge < -0.3 is 5.32 Å². The van der Waals surface area contributed by atoms with E-state index in [2.05, 4.69) is 28.8 Å². The van der Waals surface area contributed by atoms with E-state index in [1.165, 1.54) is 0 Å². The second-order valence-electron chi connectivity index (χ2n) is 2.61. The number of nitrogens with one attached hydrogen (secondary N) is 3. The van der Waals surface area contributed by atoms with Gasteiger partial charge in [0.2, 0.25) is 11.8 Å². The molecule has 1 unspecified atom stereocenters. The van der Waals surface area contributed by atoms with Crippen LogP contribution in [0.1, 0.15) is 12.8 Å². The number of hydrazine groups is 1. The fraction of sp³-hybridized carbons (Fsp3) is 0.571. The van der Waals surface area contributed by atoms with Crippen LogP contribution in [0.3, 0.4) is 0 Å². The van der Waals surface area contributed by atoms with Gasteiger partial charge in [0.25, 0.3) is 5.65 Å². The highest BCUT2D eigenvalue weighted by Crippen LogP contribution is 1.84. The minimum atomic E-state index is -0.428. The standard InChI is InChI=1S/C7H14N3O3PS/c11-5(2-4-15)8-3-1-6(12)9-10-7(13)14/h15H,1-4,14H2,(H,8,11)(H,9,12)(H,10,13). The lowest BCUT2D eigenvalue weighted by molar-refractivity contribution is -0.122. The molecule has 1 atom stereocenters. The van der Waals surface area contributed by atoms with Crippen molar-refractivity contribution in [2.24, 2.45) is 0 Å². The first-order chi connectivity index (χ1) is 7.06. The average Bonchev–Trinajstić information content (AvgIpc) is 2.15. The summed E-state index contributed by atoms with van der Waals surface area (Å²) < 4.78 is 0. The minimum absolute atomic E-state index is 0.114. The first-order valence-electron chi connectivity index (χ1n) is 4.28. The lowest BCUT2D eigenvalue weighted by Crippen LogP contribution is -2.40. The third-order valence-electron chi connectivity index (χ3n) is 1.34. The van der Waals surface area contributed by atoms with Gasteiger partial charge in [-0.1, -0.05) is 0 Å². The molecule has 0 aromatic rings. The fourth-order valence-electron chi connectivity index (χ4n) is 0.699. The van der Waals surface area contributed by atoms with Gasteiger partial charge in [-0.25, -0.2) is 0 Å². The number of hydrogen-bond acceptors (Lipinski definition) is 4. The molecule has 3 amide bonds. The zero-order chi connectivity index (χ0) is 11.7. The Labute approximate surface area is 95.5 Å². The van der Waals surface area contributed by atoms with Gasteiger partial charge in [0.15, 0.2) is 0 Å². The molecule has 0 aliphatic carbocycles. The van der Waals surface area contributed by atoms with Gasteiger partial charge >= 0.3 is 0 Å². The van der Waals surface area contributed by atoms with E-state index in [1.807, 2.05) is 9.24 Å². The van der Waals surface area contributed by atoms with Crippen molar-refractivity contribution in [3.63, 3.8) is 0 Å². The van der Waals surface area contributed by atoms with E-state index in [0.29, 0.717) is 12.2 Å². The first kappa shape index (κ1) is 14.2. The summed E-state index contributed by atoms with van der Waals surface area (Å²) in [6, 6.07) is 0. The zero-order valence-corrected chi connectivity index (χ0v) is 10.1. The van der Waals surface area contributed by atoms with E-state index in [-0.39, 0.29) is 24.8 Å². The van der Waals surface area contributed by atoms with E-state index in [0.717, 1.165) is 0 Å². The van der Waals surface area contributed by atoms with Crippen LogP contribution in [0.5, 0.6) is 0 Å². The van der Waals surface area contributed by atoms with E-state index >= 15 is 0 Å². The molecular formula is C7H14N3O3PS. The normalized spacial score (nSPS) is 9.20. The average molecular weight is 251 g/mol. The summed E-state index contributed by atoms with van der Waals surface area (Å²) >= 11 is 3.89. The monoisotopic (exact) mass is 251 g/mol. The Balaban J connectivity index is 3.46. The van der Waals surface area contributed by atoms with Gasteiger partial charge in [0.1, 0.15) is 0 Å². The van der Waals surface area contributed by atoms with E-state index < -0.39 is 5.65 Å². The highest BCUT2D eigenvalue weighted by Gasteiger charge is 2.03. The van der Waals surface area contributed by atoms with Crippen molar-refractivity contribution in [2.75, 3.05) is 12.3 Å². The number of rotatable bonds is 5. The Morgan fingerprint density at radius 2 is 1.73 bits per heavy atom. The maximum absolute atomic E-state index is 11.0. The van der Waals surface area contributed by atoms with Gasteiger partial charge in [-0.05, 0) is 15.0 Å². The van der Waals surface area contributed by atoms with Crippen LogP contribution >= 0.6 is 21.9 Å². The molecule has 0 aliphatic rings. The molecule has 8 heteroatoms. The van der Waals surface area contributed by atoms with Crippen molar-refractivity contribution in [2.45, 2.75) is 12.8 Å². The third-order valence-corrected chi connectivity index (χ3v) is 1.71. The van der Waals surface area contributed by atoms with Crippen molar-refractivity contribution < 1.29 is 14.4 Å². The molecule has 15 heavy (non-hydrogen) atoms. The molecule has 0 rings (SSSR count). The summed E-state index contributed by atoms with van der Waals surface area (Å²) in [7, 11) is 1.86. The summed E-state index contributed by atoms with van der Waals surface area (Å²) in [5.41, 5.74) is 3.84. The smallest absolute Gasteiger partial charge is 0.253 e. The molecule has 3 N–H and O–H groups in total. The number of amides is 3. The predicted molar refractivity (Wildman–Crippen MR) is 62.5 cm³/mol. The molecule has 0 spiro atoms. The third kappa shape index (κ3) is 9.49. The SMILES string of the molecule is O=C(P)NNC(=O)CCNC(=O)CCS. The topological polar surface area (TPSA) is 87.3 Å². The van der Waals surface area contributed by atoms with Gasteiger partial charge in [-0.15, -0.1) is 0 Å². The largest absolute Gasteiger partial charge is 0.356 e. The summed E-state index contributed by atoms with van der Waals surface area (Å²) in [4.78, 5) is 32.3. The maximum Gasteiger partial charge on any atom is 0.253 e. The summed E-state index contributed by atoms with van der Waals surface area (Å²) in [5.74, 6) is -0.0360. The molecule has 0 aromatic carbocycles. The lowest BCUT2D eigenvalue weighted by Gasteiger charge is -2.05. The summed E-state index contributed by atoms with van der Waals surface area (Å²) in [5, 5.41) is 2.54. The van der Waals surface area contributed by atoms with Gasteiger partial charge in [0.05, 0.1) is 0 Å². The number of carbonyl (C=O) groups excluding carboxylic acids is 3. The Kier molecular flexibility index (Phi) is 8.04. The molecule has 86 valence electrons. The van der Waals surface area contributed by atoms with Crippen molar-refractivity contribution in [3.05, 3.63) is 0 Å². The zero-order valence-electron chi connectivity index (χ0n) is 8.08. The van der Waals surface area contributed by atoms with E-state index in [4.69, 9.17) is 0 Å². The van der Waals surface area contributed by atoms with Crippen LogP contribution in [0.2, 0.25) is 0 Å². The lowest BCUT2D eigenvalue weighted by atomic mass is 10.4. The molecule has 0 aromatic heterocycles. The Hall–Kier alpha value is -0.810. The van der Waals surface area contributed by atoms with E-state index in [9.17, 15) is 14.4 Å². The van der Waals surface area contributed by atoms with Gasteiger partial charge in [-0.2, -0.15) is 12.6 Å². The maximum atomic E-state index is 11.0. The van der Waals surface area contributed by atoms with Crippen LogP contribution in [-0.2, 0) is 9.59 Å². The van der Waals surface area contributed by atoms with Crippen molar-refractivity contribution in [3.8, 4) is 0 Å². The quantitative estimate of drug-likeness (QED) is 0.300. The molecule has 0 aliphatic heterocycles. The number of thiol groups is 1. The Bertz CT molecular complexity index is 250. The van der Waals surface area contributed by atoms with E-state index in [1.54, 1.807) is 0 Å². The molecule has 0 saturated heterocycles. The second-order valence-corrected chi connectivity index (χ2v) is 3.58. The molecule has 0 radical (unpaired) electrons. The Morgan fingerprint density at radius 3 is 2.27 bits per heavy atom. The number of carbonyl (C=O) groups is 3. The molecule has 6 nitrogen and oxygen atoms in total. The second kappa shape index (κ2) is 8.49. The van der Waals surface area contributed by atoms with Crippen LogP contribution in [0.15, 0.2) is 0 Å². The van der Waals surface area contributed by atoms with Crippen LogP contribution in [-0.4, -0.2) is 29.8 Å². The van der Waals surface area contributed by atoms with Crippen LogP contribution in [0.4, 0.5) is 4.79 Å². The van der Waals surface area contributed by atoms with Gasteiger partial charge in [-0.3, -0.25) is 25.2 Å². The summed E-state index contributed by atoms with van der Waals surface area (Å²) in [6.45, 7) is 0.241. The van der Waals surface area contributed by atoms with Gasteiger partial charge in [0, 0.05) is 19.4 Å². The fourth-order valence-corrected chi connectivity index (χ4v) is 0.974. The highest BCUT2D eigenvalue weighted by molar-refractivity contribution is 7.80. The van der Waals surface area contributed by atoms with Crippen molar-refractivity contribution in [1.29, 1.82) is 0 Å². The van der Waals surface area contributed by atoms with Crippen LogP contribution in [0, 0.1) is 0 Å². The molecule has 0 heterocycles. The predicted octanol–water partition coefficient (Wildman–Crippen LogP) is -0.572. The van der Waals surface area contributed by atoms with Crippen LogP contribution in [0.25, 0.3) is 0 Å². The Morgan fingerprint density at radius 1 is 1.07 bits per heavy atom. The molecular weight excluding hydrogens is 237 g/mol. The van der Waals surface area contributed by atoms with Crippen LogP contribution < -0.4 is 16.2 Å². The number of hydrogen-bond donors (Lipinski definition) is 4. The van der Waals surface area contributed by atoms with Crippen molar-refractivity contribution in [1.82, 2.24) is 16.2 Å². The molecule has 0 bridgehead atoms. The highest BCUT2D eigenvalue weighted by atomic mass is 32.1. The first-order valence-corrected chi connectivity index (χ1v) is 5.49.